The highest BCUT2D eigenvalue weighted by atomic mass is 16.5. The number of carbonyl (C=O) groups excluding carboxylic acids is 2. The molecule has 1 N–H and O–H groups in total. The normalized spacial score (nSPS) is 18.2. The van der Waals surface area contributed by atoms with E-state index in [1.165, 1.54) is 6.42 Å². The van der Waals surface area contributed by atoms with Gasteiger partial charge in [-0.25, -0.2) is 5.43 Å². The molecule has 1 fully saturated rings. The molecule has 3 rings (SSSR count). The standard InChI is InChI=1S/C17H21N3O3/c21-16-9-8-15(18-19-16)13-4-6-14(7-5-13)23-12-17(22)20-10-2-1-3-11-20/h4-7H,1-3,8-12H2,(H,19,21). The van der Waals surface area contributed by atoms with Crippen LogP contribution >= 0.6 is 0 Å². The van der Waals surface area contributed by atoms with Crippen LogP contribution in [0.4, 0.5) is 0 Å². The molecule has 1 aromatic rings. The third-order valence-electron chi connectivity index (χ3n) is 4.16. The monoisotopic (exact) mass is 315 g/mol. The van der Waals surface area contributed by atoms with Crippen LogP contribution in [0, 0.1) is 0 Å². The molecule has 1 aromatic carbocycles. The fourth-order valence-electron chi connectivity index (χ4n) is 2.81. The Kier molecular flexibility index (Phi) is 4.90. The zero-order valence-electron chi connectivity index (χ0n) is 13.1. The number of hydrogen-bond acceptors (Lipinski definition) is 4. The van der Waals surface area contributed by atoms with Gasteiger partial charge in [-0.05, 0) is 49.1 Å². The molecule has 23 heavy (non-hydrogen) atoms. The predicted octanol–water partition coefficient (Wildman–Crippen LogP) is 1.69. The molecule has 0 spiro atoms. The lowest BCUT2D eigenvalue weighted by Crippen LogP contribution is -2.38. The fourth-order valence-corrected chi connectivity index (χ4v) is 2.81. The molecule has 0 bridgehead atoms. The van der Waals surface area contributed by atoms with E-state index < -0.39 is 0 Å². The van der Waals surface area contributed by atoms with Crippen molar-refractivity contribution >= 4 is 17.5 Å². The predicted molar refractivity (Wildman–Crippen MR) is 86.3 cm³/mol. The van der Waals surface area contributed by atoms with Crippen LogP contribution in [0.3, 0.4) is 0 Å². The van der Waals surface area contributed by atoms with Crippen molar-refractivity contribution in [2.75, 3.05) is 19.7 Å². The second kappa shape index (κ2) is 7.26. The van der Waals surface area contributed by atoms with E-state index in [-0.39, 0.29) is 18.4 Å². The number of benzene rings is 1. The molecule has 0 radical (unpaired) electrons. The highest BCUT2D eigenvalue weighted by Gasteiger charge is 2.17. The van der Waals surface area contributed by atoms with E-state index in [1.807, 2.05) is 29.2 Å². The summed E-state index contributed by atoms with van der Waals surface area (Å²) in [6, 6.07) is 7.46. The number of likely N-dealkylation sites (tertiary alicyclic amines) is 1. The van der Waals surface area contributed by atoms with Crippen LogP contribution in [0.1, 0.15) is 37.7 Å². The summed E-state index contributed by atoms with van der Waals surface area (Å²) in [4.78, 5) is 25.0. The molecular formula is C17H21N3O3. The molecule has 0 saturated carbocycles. The number of piperidine rings is 1. The molecular weight excluding hydrogens is 294 g/mol. The lowest BCUT2D eigenvalue weighted by atomic mass is 10.0. The Hall–Kier alpha value is -2.37. The Labute approximate surface area is 135 Å². The smallest absolute Gasteiger partial charge is 0.260 e. The van der Waals surface area contributed by atoms with Gasteiger partial charge < -0.3 is 9.64 Å². The van der Waals surface area contributed by atoms with Crippen LogP contribution < -0.4 is 10.2 Å². The number of hydrazone groups is 1. The quantitative estimate of drug-likeness (QED) is 0.919. The summed E-state index contributed by atoms with van der Waals surface area (Å²) >= 11 is 0. The maximum atomic E-state index is 12.1. The van der Waals surface area contributed by atoms with Gasteiger partial charge in [0.25, 0.3) is 5.91 Å². The van der Waals surface area contributed by atoms with Crippen LogP contribution in [0.2, 0.25) is 0 Å². The minimum Gasteiger partial charge on any atom is -0.484 e. The van der Waals surface area contributed by atoms with Crippen molar-refractivity contribution in [2.24, 2.45) is 5.10 Å². The van der Waals surface area contributed by atoms with Gasteiger partial charge in [0, 0.05) is 25.9 Å². The number of rotatable bonds is 4. The number of nitrogens with zero attached hydrogens (tertiary/aromatic N) is 2. The van der Waals surface area contributed by atoms with Gasteiger partial charge in [-0.2, -0.15) is 5.10 Å². The van der Waals surface area contributed by atoms with E-state index >= 15 is 0 Å². The highest BCUT2D eigenvalue weighted by Crippen LogP contribution is 2.16. The Bertz CT molecular complexity index is 604. The largest absolute Gasteiger partial charge is 0.484 e. The molecule has 6 nitrogen and oxygen atoms in total. The van der Waals surface area contributed by atoms with Crippen LogP contribution in [0.25, 0.3) is 0 Å². The van der Waals surface area contributed by atoms with E-state index in [1.54, 1.807) is 0 Å². The summed E-state index contributed by atoms with van der Waals surface area (Å²) in [5.74, 6) is 0.664. The molecule has 0 aliphatic carbocycles. The molecule has 0 atom stereocenters. The fraction of sp³-hybridized carbons (Fsp3) is 0.471. The lowest BCUT2D eigenvalue weighted by molar-refractivity contribution is -0.134. The van der Waals surface area contributed by atoms with Gasteiger partial charge in [-0.15, -0.1) is 0 Å². The van der Waals surface area contributed by atoms with Crippen LogP contribution in [-0.4, -0.2) is 42.1 Å². The molecule has 6 heteroatoms. The van der Waals surface area contributed by atoms with Crippen molar-refractivity contribution in [3.05, 3.63) is 29.8 Å². The van der Waals surface area contributed by atoms with Crippen LogP contribution in [0.15, 0.2) is 29.4 Å². The molecule has 2 aliphatic heterocycles. The summed E-state index contributed by atoms with van der Waals surface area (Å²) in [5.41, 5.74) is 4.31. The first kappa shape index (κ1) is 15.5. The third kappa shape index (κ3) is 4.09. The molecule has 122 valence electrons. The number of hydrogen-bond donors (Lipinski definition) is 1. The van der Waals surface area contributed by atoms with Gasteiger partial charge in [0.15, 0.2) is 6.61 Å². The first-order valence-corrected chi connectivity index (χ1v) is 8.09. The zero-order valence-corrected chi connectivity index (χ0v) is 13.1. The molecule has 2 heterocycles. The number of ether oxygens (including phenoxy) is 1. The SMILES string of the molecule is O=C1CCC(c2ccc(OCC(=O)N3CCCCC3)cc2)=NN1. The molecule has 2 aliphatic rings. The van der Waals surface area contributed by atoms with Crippen molar-refractivity contribution in [3.63, 3.8) is 0 Å². The van der Waals surface area contributed by atoms with Gasteiger partial charge in [-0.3, -0.25) is 9.59 Å². The number of carbonyl (C=O) groups is 2. The highest BCUT2D eigenvalue weighted by molar-refractivity contribution is 6.04. The van der Waals surface area contributed by atoms with Gasteiger partial charge in [0.2, 0.25) is 5.91 Å². The van der Waals surface area contributed by atoms with Crippen molar-refractivity contribution in [1.82, 2.24) is 10.3 Å². The summed E-state index contributed by atoms with van der Waals surface area (Å²) in [6.45, 7) is 1.76. The first-order valence-electron chi connectivity index (χ1n) is 8.09. The van der Waals surface area contributed by atoms with Gasteiger partial charge in [0.05, 0.1) is 5.71 Å². The Morgan fingerprint density at radius 1 is 1.13 bits per heavy atom. The van der Waals surface area contributed by atoms with E-state index in [2.05, 4.69) is 10.5 Å². The van der Waals surface area contributed by atoms with Gasteiger partial charge in [0.1, 0.15) is 5.75 Å². The summed E-state index contributed by atoms with van der Waals surface area (Å²) in [6.07, 6.45) is 4.47. The Balaban J connectivity index is 1.53. The van der Waals surface area contributed by atoms with Crippen molar-refractivity contribution in [3.8, 4) is 5.75 Å². The van der Waals surface area contributed by atoms with Crippen molar-refractivity contribution < 1.29 is 14.3 Å². The van der Waals surface area contributed by atoms with Crippen molar-refractivity contribution in [2.45, 2.75) is 32.1 Å². The van der Waals surface area contributed by atoms with E-state index in [4.69, 9.17) is 4.74 Å². The minimum absolute atomic E-state index is 0.0492. The Morgan fingerprint density at radius 3 is 2.52 bits per heavy atom. The number of nitrogens with one attached hydrogen (secondary N) is 1. The maximum absolute atomic E-state index is 12.1. The topological polar surface area (TPSA) is 71.0 Å². The maximum Gasteiger partial charge on any atom is 0.260 e. The summed E-state index contributed by atoms with van der Waals surface area (Å²) in [5, 5.41) is 4.06. The van der Waals surface area contributed by atoms with Crippen molar-refractivity contribution in [1.29, 1.82) is 0 Å². The van der Waals surface area contributed by atoms with E-state index in [0.717, 1.165) is 37.2 Å². The first-order chi connectivity index (χ1) is 11.2. The second-order valence-corrected chi connectivity index (χ2v) is 5.85. The van der Waals surface area contributed by atoms with Crippen LogP contribution in [0.5, 0.6) is 5.75 Å². The molecule has 1 saturated heterocycles. The van der Waals surface area contributed by atoms with E-state index in [0.29, 0.717) is 18.6 Å². The summed E-state index contributed by atoms with van der Waals surface area (Å²) in [7, 11) is 0. The third-order valence-corrected chi connectivity index (χ3v) is 4.16. The number of amides is 2. The zero-order chi connectivity index (χ0) is 16.1. The second-order valence-electron chi connectivity index (χ2n) is 5.85. The molecule has 0 aromatic heterocycles. The molecule has 0 unspecified atom stereocenters. The average molecular weight is 315 g/mol. The Morgan fingerprint density at radius 2 is 1.87 bits per heavy atom. The average Bonchev–Trinajstić information content (AvgIpc) is 2.61. The minimum atomic E-state index is -0.0510. The van der Waals surface area contributed by atoms with E-state index in [9.17, 15) is 9.59 Å². The van der Waals surface area contributed by atoms with Gasteiger partial charge >= 0.3 is 0 Å². The van der Waals surface area contributed by atoms with Crippen LogP contribution in [-0.2, 0) is 9.59 Å². The summed E-state index contributed by atoms with van der Waals surface area (Å²) < 4.78 is 5.58. The van der Waals surface area contributed by atoms with Gasteiger partial charge in [-0.1, -0.05) is 0 Å². The lowest BCUT2D eigenvalue weighted by Gasteiger charge is -2.26. The molecule has 2 amide bonds.